The molecule has 1 aromatic carbocycles. The first kappa shape index (κ1) is 13.0. The van der Waals surface area contributed by atoms with Gasteiger partial charge in [-0.1, -0.05) is 6.07 Å². The van der Waals surface area contributed by atoms with Gasteiger partial charge in [0.2, 0.25) is 0 Å². The minimum Gasteiger partial charge on any atom is -0.424 e. The highest BCUT2D eigenvalue weighted by Gasteiger charge is 2.11. The molecule has 0 spiro atoms. The number of non-ortho nitro benzene ring substituents is 1. The van der Waals surface area contributed by atoms with Gasteiger partial charge in [0.15, 0.2) is 5.58 Å². The molecule has 0 atom stereocenters. The van der Waals surface area contributed by atoms with Crippen molar-refractivity contribution in [1.29, 1.82) is 0 Å². The first-order valence-corrected chi connectivity index (χ1v) is 6.33. The van der Waals surface area contributed by atoms with Crippen LogP contribution in [0.5, 0.6) is 0 Å². The molecule has 1 N–H and O–H groups in total. The minimum absolute atomic E-state index is 0.0114. The third kappa shape index (κ3) is 2.81. The van der Waals surface area contributed by atoms with Crippen molar-refractivity contribution in [2.75, 3.05) is 5.32 Å². The van der Waals surface area contributed by atoms with Crippen LogP contribution in [0.3, 0.4) is 0 Å². The molecule has 0 amide bonds. The maximum absolute atomic E-state index is 10.7. The molecule has 0 unspecified atom stereocenters. The average molecular weight is 284 g/mol. The zero-order valence-electron chi connectivity index (χ0n) is 11.2. The quantitative estimate of drug-likeness (QED) is 0.584. The highest BCUT2D eigenvalue weighted by molar-refractivity contribution is 5.77. The van der Waals surface area contributed by atoms with Gasteiger partial charge >= 0.3 is 0 Å². The SMILES string of the molecule is Cc1cccc(CNc2nc3cc([N+](=O)[O-])ccc3o2)n1. The summed E-state index contributed by atoms with van der Waals surface area (Å²) in [5.74, 6) is 0. The smallest absolute Gasteiger partial charge is 0.296 e. The van der Waals surface area contributed by atoms with E-state index in [1.165, 1.54) is 18.2 Å². The number of aromatic nitrogens is 2. The van der Waals surface area contributed by atoms with E-state index >= 15 is 0 Å². The molecule has 0 fully saturated rings. The molecular weight excluding hydrogens is 272 g/mol. The van der Waals surface area contributed by atoms with Gasteiger partial charge < -0.3 is 9.73 Å². The number of fused-ring (bicyclic) bond motifs is 1. The summed E-state index contributed by atoms with van der Waals surface area (Å²) in [4.78, 5) is 18.8. The van der Waals surface area contributed by atoms with Crippen molar-refractivity contribution in [1.82, 2.24) is 9.97 Å². The molecule has 2 heterocycles. The Hall–Kier alpha value is -2.96. The Morgan fingerprint density at radius 2 is 2.14 bits per heavy atom. The van der Waals surface area contributed by atoms with Gasteiger partial charge in [-0.3, -0.25) is 15.1 Å². The molecule has 2 aromatic heterocycles. The topological polar surface area (TPSA) is 94.1 Å². The number of hydrogen-bond acceptors (Lipinski definition) is 6. The third-order valence-electron chi connectivity index (χ3n) is 2.95. The van der Waals surface area contributed by atoms with Gasteiger partial charge in [-0.05, 0) is 25.1 Å². The lowest BCUT2D eigenvalue weighted by atomic mass is 10.3. The summed E-state index contributed by atoms with van der Waals surface area (Å²) in [6, 6.07) is 10.4. The second-order valence-corrected chi connectivity index (χ2v) is 4.55. The number of nitrogens with zero attached hydrogens (tertiary/aromatic N) is 3. The Balaban J connectivity index is 1.80. The molecule has 21 heavy (non-hydrogen) atoms. The summed E-state index contributed by atoms with van der Waals surface area (Å²) in [6.07, 6.45) is 0. The zero-order valence-corrected chi connectivity index (χ0v) is 11.2. The Kier molecular flexibility index (Phi) is 3.23. The predicted molar refractivity (Wildman–Crippen MR) is 77.0 cm³/mol. The summed E-state index contributed by atoms with van der Waals surface area (Å²) < 4.78 is 5.48. The number of nitro benzene ring substituents is 1. The number of aryl methyl sites for hydroxylation is 1. The Morgan fingerprint density at radius 1 is 1.29 bits per heavy atom. The average Bonchev–Trinajstić information content (AvgIpc) is 2.87. The molecule has 0 saturated heterocycles. The summed E-state index contributed by atoms with van der Waals surface area (Å²) in [7, 11) is 0. The lowest BCUT2D eigenvalue weighted by molar-refractivity contribution is -0.384. The number of pyridine rings is 1. The third-order valence-corrected chi connectivity index (χ3v) is 2.95. The largest absolute Gasteiger partial charge is 0.424 e. The van der Waals surface area contributed by atoms with Crippen LogP contribution in [0.2, 0.25) is 0 Å². The van der Waals surface area contributed by atoms with E-state index in [4.69, 9.17) is 4.42 Å². The highest BCUT2D eigenvalue weighted by Crippen LogP contribution is 2.23. The van der Waals surface area contributed by atoms with Crippen molar-refractivity contribution in [3.05, 3.63) is 57.9 Å². The summed E-state index contributed by atoms with van der Waals surface area (Å²) >= 11 is 0. The van der Waals surface area contributed by atoms with E-state index in [0.717, 1.165) is 11.4 Å². The van der Waals surface area contributed by atoms with Crippen LogP contribution in [-0.4, -0.2) is 14.9 Å². The van der Waals surface area contributed by atoms with Crippen LogP contribution in [0.15, 0.2) is 40.8 Å². The van der Waals surface area contributed by atoms with E-state index in [1.807, 2.05) is 25.1 Å². The van der Waals surface area contributed by atoms with Gasteiger partial charge in [0.25, 0.3) is 11.7 Å². The van der Waals surface area contributed by atoms with E-state index < -0.39 is 4.92 Å². The Morgan fingerprint density at radius 3 is 2.90 bits per heavy atom. The standard InChI is InChI=1S/C14H12N4O3/c1-9-3-2-4-10(16-9)8-15-14-17-12-7-11(18(19)20)5-6-13(12)21-14/h2-7H,8H2,1H3,(H,15,17). The normalized spacial score (nSPS) is 10.7. The fraction of sp³-hybridized carbons (Fsp3) is 0.143. The first-order chi connectivity index (χ1) is 10.1. The van der Waals surface area contributed by atoms with E-state index in [-0.39, 0.29) is 5.69 Å². The van der Waals surface area contributed by atoms with Crippen LogP contribution in [0.4, 0.5) is 11.7 Å². The van der Waals surface area contributed by atoms with Crippen LogP contribution < -0.4 is 5.32 Å². The van der Waals surface area contributed by atoms with E-state index in [2.05, 4.69) is 15.3 Å². The van der Waals surface area contributed by atoms with E-state index in [0.29, 0.717) is 23.7 Å². The van der Waals surface area contributed by atoms with Crippen molar-refractivity contribution < 1.29 is 9.34 Å². The summed E-state index contributed by atoms with van der Waals surface area (Å²) in [5, 5.41) is 13.7. The molecule has 7 heteroatoms. The molecule has 7 nitrogen and oxygen atoms in total. The molecule has 0 aliphatic rings. The number of nitrogens with one attached hydrogen (secondary N) is 1. The van der Waals surface area contributed by atoms with Crippen molar-refractivity contribution in [3.63, 3.8) is 0 Å². The molecule has 0 aliphatic heterocycles. The molecule has 0 radical (unpaired) electrons. The zero-order chi connectivity index (χ0) is 14.8. The molecular formula is C14H12N4O3. The summed E-state index contributed by atoms with van der Waals surface area (Å²) in [6.45, 7) is 2.39. The molecule has 0 aliphatic carbocycles. The van der Waals surface area contributed by atoms with Gasteiger partial charge in [0.1, 0.15) is 5.52 Å². The van der Waals surface area contributed by atoms with Crippen LogP contribution >= 0.6 is 0 Å². The van der Waals surface area contributed by atoms with Gasteiger partial charge in [0, 0.05) is 17.8 Å². The molecule has 3 aromatic rings. The maximum Gasteiger partial charge on any atom is 0.296 e. The number of benzene rings is 1. The number of oxazole rings is 1. The summed E-state index contributed by atoms with van der Waals surface area (Å²) in [5.41, 5.74) is 2.73. The van der Waals surface area contributed by atoms with Crippen LogP contribution in [0, 0.1) is 17.0 Å². The molecule has 0 bridgehead atoms. The second-order valence-electron chi connectivity index (χ2n) is 4.55. The van der Waals surface area contributed by atoms with Crippen molar-refractivity contribution in [2.45, 2.75) is 13.5 Å². The molecule has 106 valence electrons. The van der Waals surface area contributed by atoms with Gasteiger partial charge in [-0.15, -0.1) is 0 Å². The van der Waals surface area contributed by atoms with Gasteiger partial charge in [0.05, 0.1) is 17.2 Å². The van der Waals surface area contributed by atoms with Crippen molar-refractivity contribution in [3.8, 4) is 0 Å². The van der Waals surface area contributed by atoms with Crippen molar-refractivity contribution >= 4 is 22.8 Å². The van der Waals surface area contributed by atoms with Crippen LogP contribution in [0.25, 0.3) is 11.1 Å². The molecule has 3 rings (SSSR count). The number of nitro groups is 1. The number of anilines is 1. The number of hydrogen-bond donors (Lipinski definition) is 1. The lowest BCUT2D eigenvalue weighted by Gasteiger charge is -2.01. The fourth-order valence-electron chi connectivity index (χ4n) is 1.97. The van der Waals surface area contributed by atoms with Crippen molar-refractivity contribution in [2.24, 2.45) is 0 Å². The molecule has 0 saturated carbocycles. The maximum atomic E-state index is 10.7. The Bertz CT molecular complexity index is 813. The highest BCUT2D eigenvalue weighted by atomic mass is 16.6. The predicted octanol–water partition coefficient (Wildman–Crippen LogP) is 3.05. The van der Waals surface area contributed by atoms with Crippen LogP contribution in [0.1, 0.15) is 11.4 Å². The van der Waals surface area contributed by atoms with Crippen LogP contribution in [-0.2, 0) is 6.54 Å². The lowest BCUT2D eigenvalue weighted by Crippen LogP contribution is -2.02. The Labute approximate surface area is 119 Å². The second kappa shape index (κ2) is 5.20. The van der Waals surface area contributed by atoms with Gasteiger partial charge in [-0.2, -0.15) is 4.98 Å². The monoisotopic (exact) mass is 284 g/mol. The first-order valence-electron chi connectivity index (χ1n) is 6.33. The van der Waals surface area contributed by atoms with E-state index in [1.54, 1.807) is 0 Å². The fourth-order valence-corrected chi connectivity index (χ4v) is 1.97. The van der Waals surface area contributed by atoms with E-state index in [9.17, 15) is 10.1 Å². The number of rotatable bonds is 4. The van der Waals surface area contributed by atoms with Gasteiger partial charge in [-0.25, -0.2) is 0 Å². The minimum atomic E-state index is -0.460.